The average Bonchev–Trinajstić information content (AvgIpc) is 2.32. The zero-order chi connectivity index (χ0) is 13.1. The summed E-state index contributed by atoms with van der Waals surface area (Å²) in [5.41, 5.74) is -0.120. The summed E-state index contributed by atoms with van der Waals surface area (Å²) >= 11 is 0. The van der Waals surface area contributed by atoms with Gasteiger partial charge in [-0.15, -0.1) is 0 Å². The lowest BCUT2D eigenvalue weighted by Gasteiger charge is -2.28. The Morgan fingerprint density at radius 2 is 2.06 bits per heavy atom. The Kier molecular flexibility index (Phi) is 3.81. The fraction of sp³-hybridized carbons (Fsp3) is 0.462. The summed E-state index contributed by atoms with van der Waals surface area (Å²) in [6.07, 6.45) is 2.68. The van der Waals surface area contributed by atoms with E-state index in [1.807, 2.05) is 0 Å². The first-order valence-corrected chi connectivity index (χ1v) is 6.05. The van der Waals surface area contributed by atoms with Gasteiger partial charge in [-0.1, -0.05) is 12.8 Å². The van der Waals surface area contributed by atoms with Gasteiger partial charge in [-0.2, -0.15) is 0 Å². The van der Waals surface area contributed by atoms with Gasteiger partial charge in [-0.3, -0.25) is 4.79 Å². The number of carbonyl (C=O) groups excluding carboxylic acids is 1. The maximum Gasteiger partial charge on any atom is 0.254 e. The Morgan fingerprint density at radius 1 is 1.33 bits per heavy atom. The molecule has 1 aromatic rings. The fourth-order valence-electron chi connectivity index (χ4n) is 2.21. The van der Waals surface area contributed by atoms with Gasteiger partial charge < -0.3 is 15.5 Å². The van der Waals surface area contributed by atoms with Crippen molar-refractivity contribution in [2.75, 3.05) is 0 Å². The molecule has 1 aliphatic rings. The van der Waals surface area contributed by atoms with Crippen LogP contribution in [0.5, 0.6) is 5.75 Å². The number of amides is 1. The summed E-state index contributed by atoms with van der Waals surface area (Å²) < 4.78 is 13.5. The van der Waals surface area contributed by atoms with Crippen LogP contribution in [0.1, 0.15) is 36.0 Å². The first-order valence-electron chi connectivity index (χ1n) is 6.05. The van der Waals surface area contributed by atoms with Gasteiger partial charge in [0.05, 0.1) is 17.7 Å². The highest BCUT2D eigenvalue weighted by Gasteiger charge is 2.25. The van der Waals surface area contributed by atoms with Crippen molar-refractivity contribution in [1.29, 1.82) is 0 Å². The quantitative estimate of drug-likeness (QED) is 0.749. The van der Waals surface area contributed by atoms with E-state index in [4.69, 9.17) is 5.11 Å². The lowest BCUT2D eigenvalue weighted by Crippen LogP contribution is -2.45. The topological polar surface area (TPSA) is 69.6 Å². The molecule has 0 bridgehead atoms. The highest BCUT2D eigenvalue weighted by molar-refractivity contribution is 5.94. The predicted molar refractivity (Wildman–Crippen MR) is 63.8 cm³/mol. The number of rotatable bonds is 2. The monoisotopic (exact) mass is 253 g/mol. The molecule has 4 nitrogen and oxygen atoms in total. The number of aromatic hydroxyl groups is 1. The van der Waals surface area contributed by atoms with E-state index in [-0.39, 0.29) is 17.4 Å². The molecule has 2 rings (SSSR count). The van der Waals surface area contributed by atoms with Crippen LogP contribution in [-0.2, 0) is 0 Å². The van der Waals surface area contributed by atoms with Crippen LogP contribution in [0.2, 0.25) is 0 Å². The first-order chi connectivity index (χ1) is 8.58. The minimum Gasteiger partial charge on any atom is -0.508 e. The zero-order valence-corrected chi connectivity index (χ0v) is 9.90. The van der Waals surface area contributed by atoms with Gasteiger partial charge in [0.25, 0.3) is 5.91 Å². The summed E-state index contributed by atoms with van der Waals surface area (Å²) in [6.45, 7) is 0. The second kappa shape index (κ2) is 5.35. The third kappa shape index (κ3) is 2.79. The van der Waals surface area contributed by atoms with Crippen molar-refractivity contribution in [3.05, 3.63) is 29.6 Å². The third-order valence-corrected chi connectivity index (χ3v) is 3.24. The Labute approximate surface area is 104 Å². The van der Waals surface area contributed by atoms with Crippen LogP contribution in [0, 0.1) is 5.82 Å². The van der Waals surface area contributed by atoms with Crippen molar-refractivity contribution in [1.82, 2.24) is 5.32 Å². The molecule has 1 amide bonds. The molecule has 0 aromatic heterocycles. The van der Waals surface area contributed by atoms with Gasteiger partial charge in [0.15, 0.2) is 0 Å². The zero-order valence-electron chi connectivity index (χ0n) is 9.90. The summed E-state index contributed by atoms with van der Waals surface area (Å²) in [5, 5.41) is 21.4. The van der Waals surface area contributed by atoms with Crippen LogP contribution in [0.3, 0.4) is 0 Å². The SMILES string of the molecule is O=C(NC1CCCCC1O)c1ccc(O)cc1F. The average molecular weight is 253 g/mol. The Hall–Kier alpha value is -1.62. The Bertz CT molecular complexity index is 450. The van der Waals surface area contributed by atoms with Crippen LogP contribution in [0.4, 0.5) is 4.39 Å². The van der Waals surface area contributed by atoms with Crippen molar-refractivity contribution in [3.8, 4) is 5.75 Å². The van der Waals surface area contributed by atoms with Crippen LogP contribution < -0.4 is 5.32 Å². The standard InChI is InChI=1S/C13H16FNO3/c14-10-7-8(16)5-6-9(10)13(18)15-11-3-1-2-4-12(11)17/h5-7,11-12,16-17H,1-4H2,(H,15,18). The molecule has 2 atom stereocenters. The molecule has 0 heterocycles. The molecule has 0 radical (unpaired) electrons. The number of hydrogen-bond donors (Lipinski definition) is 3. The Balaban J connectivity index is 2.07. The van der Waals surface area contributed by atoms with Crippen molar-refractivity contribution in [2.24, 2.45) is 0 Å². The molecule has 0 saturated heterocycles. The van der Waals surface area contributed by atoms with Crippen molar-refractivity contribution < 1.29 is 19.4 Å². The molecule has 2 unspecified atom stereocenters. The van der Waals surface area contributed by atoms with E-state index >= 15 is 0 Å². The molecule has 3 N–H and O–H groups in total. The largest absolute Gasteiger partial charge is 0.508 e. The second-order valence-corrected chi connectivity index (χ2v) is 4.60. The minimum atomic E-state index is -0.766. The van der Waals surface area contributed by atoms with E-state index in [1.54, 1.807) is 0 Å². The Morgan fingerprint density at radius 3 is 2.72 bits per heavy atom. The number of nitrogens with one attached hydrogen (secondary N) is 1. The second-order valence-electron chi connectivity index (χ2n) is 4.60. The maximum atomic E-state index is 13.5. The molecule has 1 fully saturated rings. The smallest absolute Gasteiger partial charge is 0.254 e. The van der Waals surface area contributed by atoms with Crippen molar-refractivity contribution in [3.63, 3.8) is 0 Å². The molecule has 1 saturated carbocycles. The molecular weight excluding hydrogens is 237 g/mol. The van der Waals surface area contributed by atoms with Gasteiger partial charge in [0.1, 0.15) is 11.6 Å². The number of halogens is 1. The highest BCUT2D eigenvalue weighted by Crippen LogP contribution is 2.20. The number of aliphatic hydroxyl groups excluding tert-OH is 1. The molecule has 1 aromatic carbocycles. The molecular formula is C13H16FNO3. The minimum absolute atomic E-state index is 0.120. The third-order valence-electron chi connectivity index (χ3n) is 3.24. The molecule has 18 heavy (non-hydrogen) atoms. The highest BCUT2D eigenvalue weighted by atomic mass is 19.1. The van der Waals surface area contributed by atoms with Crippen LogP contribution >= 0.6 is 0 Å². The van der Waals surface area contributed by atoms with Gasteiger partial charge in [0.2, 0.25) is 0 Å². The van der Waals surface area contributed by atoms with Gasteiger partial charge >= 0.3 is 0 Å². The van der Waals surface area contributed by atoms with Crippen LogP contribution in [0.15, 0.2) is 18.2 Å². The van der Waals surface area contributed by atoms with Crippen LogP contribution in [0.25, 0.3) is 0 Å². The molecule has 5 heteroatoms. The number of phenolic OH excluding ortho intramolecular Hbond substituents is 1. The summed E-state index contributed by atoms with van der Waals surface area (Å²) in [7, 11) is 0. The number of phenols is 1. The number of benzene rings is 1. The summed E-state index contributed by atoms with van der Waals surface area (Å²) in [4.78, 5) is 11.8. The van der Waals surface area contributed by atoms with E-state index in [0.717, 1.165) is 18.9 Å². The predicted octanol–water partition coefficient (Wildman–Crippen LogP) is 1.56. The molecule has 98 valence electrons. The van der Waals surface area contributed by atoms with Crippen LogP contribution in [-0.4, -0.2) is 28.3 Å². The van der Waals surface area contributed by atoms with E-state index in [2.05, 4.69) is 5.32 Å². The molecule has 1 aliphatic carbocycles. The van der Waals surface area contributed by atoms with Gasteiger partial charge in [-0.05, 0) is 25.0 Å². The molecule has 0 spiro atoms. The maximum absolute atomic E-state index is 13.5. The van der Waals surface area contributed by atoms with Gasteiger partial charge in [-0.25, -0.2) is 4.39 Å². The summed E-state index contributed by atoms with van der Waals surface area (Å²) in [5.74, 6) is -1.54. The first kappa shape index (κ1) is 12.8. The lowest BCUT2D eigenvalue weighted by atomic mass is 9.92. The van der Waals surface area contributed by atoms with E-state index in [1.165, 1.54) is 12.1 Å². The molecule has 0 aliphatic heterocycles. The van der Waals surface area contributed by atoms with E-state index in [0.29, 0.717) is 12.8 Å². The van der Waals surface area contributed by atoms with E-state index in [9.17, 15) is 14.3 Å². The van der Waals surface area contributed by atoms with Crippen molar-refractivity contribution in [2.45, 2.75) is 37.8 Å². The number of hydrogen-bond acceptors (Lipinski definition) is 3. The van der Waals surface area contributed by atoms with Crippen molar-refractivity contribution >= 4 is 5.91 Å². The van der Waals surface area contributed by atoms with Gasteiger partial charge in [0, 0.05) is 6.07 Å². The lowest BCUT2D eigenvalue weighted by molar-refractivity contribution is 0.0714. The summed E-state index contributed by atoms with van der Waals surface area (Å²) in [6, 6.07) is 3.07. The number of carbonyl (C=O) groups is 1. The number of aliphatic hydroxyl groups is 1. The fourth-order valence-corrected chi connectivity index (χ4v) is 2.21. The van der Waals surface area contributed by atoms with E-state index < -0.39 is 17.8 Å². The normalized spacial score (nSPS) is 23.7.